The summed E-state index contributed by atoms with van der Waals surface area (Å²) in [4.78, 5) is 24.2. The number of carboxylic acids is 1. The maximum Gasteiger partial charge on any atom is 0.326 e. The van der Waals surface area contributed by atoms with Crippen molar-refractivity contribution < 1.29 is 19.1 Å². The highest BCUT2D eigenvalue weighted by Crippen LogP contribution is 2.51. The third-order valence-electron chi connectivity index (χ3n) is 3.76. The number of hydrogen-bond acceptors (Lipinski definition) is 2. The second kappa shape index (κ2) is 5.40. The minimum absolute atomic E-state index is 0.264. The third-order valence-corrected chi connectivity index (χ3v) is 4.09. The zero-order valence-electron chi connectivity index (χ0n) is 11.1. The summed E-state index contributed by atoms with van der Waals surface area (Å²) in [7, 11) is 1.44. The maximum absolute atomic E-state index is 13.8. The SMILES string of the molecule is C[C@H](C(=O)O)N(C)C(=O)[C@@H]1C[C@H]1c1c(F)cccc1Cl. The molecule has 0 saturated heterocycles. The van der Waals surface area contributed by atoms with Gasteiger partial charge in [0, 0.05) is 29.5 Å². The van der Waals surface area contributed by atoms with Gasteiger partial charge in [-0.15, -0.1) is 0 Å². The van der Waals surface area contributed by atoms with Crippen LogP contribution in [-0.2, 0) is 9.59 Å². The van der Waals surface area contributed by atoms with E-state index in [-0.39, 0.29) is 11.8 Å². The summed E-state index contributed by atoms with van der Waals surface area (Å²) in [6.45, 7) is 1.44. The molecule has 108 valence electrons. The van der Waals surface area contributed by atoms with Gasteiger partial charge in [0.2, 0.25) is 5.91 Å². The molecule has 0 aromatic heterocycles. The summed E-state index contributed by atoms with van der Waals surface area (Å²) < 4.78 is 13.8. The molecule has 1 aliphatic carbocycles. The molecule has 0 bridgehead atoms. The van der Waals surface area contributed by atoms with E-state index in [9.17, 15) is 14.0 Å². The summed E-state index contributed by atoms with van der Waals surface area (Å²) in [5.41, 5.74) is 0.351. The van der Waals surface area contributed by atoms with E-state index < -0.39 is 23.7 Å². The highest BCUT2D eigenvalue weighted by Gasteiger charge is 2.48. The number of carbonyl (C=O) groups is 2. The van der Waals surface area contributed by atoms with Gasteiger partial charge in [0.1, 0.15) is 11.9 Å². The molecular weight excluding hydrogens is 285 g/mol. The van der Waals surface area contributed by atoms with Gasteiger partial charge >= 0.3 is 5.97 Å². The Bertz CT molecular complexity index is 543. The van der Waals surface area contributed by atoms with E-state index in [1.165, 1.54) is 31.0 Å². The molecule has 1 aliphatic rings. The molecule has 20 heavy (non-hydrogen) atoms. The maximum atomic E-state index is 13.8. The van der Waals surface area contributed by atoms with Crippen molar-refractivity contribution in [3.63, 3.8) is 0 Å². The molecule has 4 nitrogen and oxygen atoms in total. The van der Waals surface area contributed by atoms with Crippen molar-refractivity contribution in [1.82, 2.24) is 4.90 Å². The highest BCUT2D eigenvalue weighted by molar-refractivity contribution is 6.31. The molecule has 2 rings (SSSR count). The molecular formula is C14H15ClFNO3. The summed E-state index contributed by atoms with van der Waals surface area (Å²) in [6, 6.07) is 3.51. The molecule has 1 amide bonds. The first kappa shape index (κ1) is 14.8. The smallest absolute Gasteiger partial charge is 0.326 e. The molecule has 1 aromatic carbocycles. The number of aliphatic carboxylic acids is 1. The molecule has 0 spiro atoms. The van der Waals surface area contributed by atoms with Crippen LogP contribution in [-0.4, -0.2) is 35.0 Å². The van der Waals surface area contributed by atoms with E-state index in [2.05, 4.69) is 0 Å². The van der Waals surface area contributed by atoms with Crippen molar-refractivity contribution in [3.05, 3.63) is 34.6 Å². The summed E-state index contributed by atoms with van der Waals surface area (Å²) >= 11 is 5.97. The van der Waals surface area contributed by atoms with Gasteiger partial charge < -0.3 is 10.0 Å². The van der Waals surface area contributed by atoms with Crippen molar-refractivity contribution >= 4 is 23.5 Å². The highest BCUT2D eigenvalue weighted by atomic mass is 35.5. The standard InChI is InChI=1S/C14H15ClFNO3/c1-7(14(19)20)17(2)13(18)9-6-8(9)12-10(15)4-3-5-11(12)16/h3-5,7-9H,6H2,1-2H3,(H,19,20)/t7-,8-,9-/m1/s1. The van der Waals surface area contributed by atoms with Crippen LogP contribution in [0.1, 0.15) is 24.8 Å². The Morgan fingerprint density at radius 1 is 1.50 bits per heavy atom. The first-order valence-corrected chi connectivity index (χ1v) is 6.65. The Hall–Kier alpha value is -1.62. The topological polar surface area (TPSA) is 57.6 Å². The molecule has 0 unspecified atom stereocenters. The fourth-order valence-electron chi connectivity index (χ4n) is 2.27. The number of amides is 1. The number of carboxylic acid groups (broad SMARTS) is 1. The number of carbonyl (C=O) groups excluding carboxylic acids is 1. The van der Waals surface area contributed by atoms with Gasteiger partial charge in [-0.05, 0) is 25.5 Å². The Morgan fingerprint density at radius 3 is 2.70 bits per heavy atom. The molecule has 1 fully saturated rings. The van der Waals surface area contributed by atoms with Crippen LogP contribution in [0.15, 0.2) is 18.2 Å². The van der Waals surface area contributed by atoms with Crippen molar-refractivity contribution in [2.24, 2.45) is 5.92 Å². The van der Waals surface area contributed by atoms with Crippen LogP contribution >= 0.6 is 11.6 Å². The quantitative estimate of drug-likeness (QED) is 0.929. The molecule has 1 N–H and O–H groups in total. The molecule has 1 aromatic rings. The summed E-state index contributed by atoms with van der Waals surface area (Å²) in [6.07, 6.45) is 0.496. The van der Waals surface area contributed by atoms with Crippen molar-refractivity contribution in [2.45, 2.75) is 25.3 Å². The van der Waals surface area contributed by atoms with Gasteiger partial charge in [0.15, 0.2) is 0 Å². The van der Waals surface area contributed by atoms with Crippen LogP contribution in [0.4, 0.5) is 4.39 Å². The molecule has 0 heterocycles. The Morgan fingerprint density at radius 2 is 2.15 bits per heavy atom. The van der Waals surface area contributed by atoms with Crippen LogP contribution in [0.3, 0.4) is 0 Å². The first-order chi connectivity index (χ1) is 9.34. The lowest BCUT2D eigenvalue weighted by molar-refractivity contribution is -0.148. The van der Waals surface area contributed by atoms with Crippen molar-refractivity contribution in [1.29, 1.82) is 0 Å². The fraction of sp³-hybridized carbons (Fsp3) is 0.429. The predicted molar refractivity (Wildman–Crippen MR) is 72.1 cm³/mol. The van der Waals surface area contributed by atoms with Gasteiger partial charge in [0.05, 0.1) is 0 Å². The van der Waals surface area contributed by atoms with E-state index in [1.807, 2.05) is 0 Å². The number of nitrogens with zero attached hydrogens (tertiary/aromatic N) is 1. The van der Waals surface area contributed by atoms with Crippen LogP contribution < -0.4 is 0 Å². The van der Waals surface area contributed by atoms with Gasteiger partial charge in [-0.25, -0.2) is 9.18 Å². The lowest BCUT2D eigenvalue weighted by atomic mass is 10.1. The second-order valence-corrected chi connectivity index (χ2v) is 5.45. The minimum atomic E-state index is -1.07. The summed E-state index contributed by atoms with van der Waals surface area (Å²) in [5.74, 6) is -2.44. The Labute approximate surface area is 121 Å². The number of rotatable bonds is 4. The lowest BCUT2D eigenvalue weighted by Gasteiger charge is -2.21. The van der Waals surface area contributed by atoms with Crippen molar-refractivity contribution in [3.8, 4) is 0 Å². The Kier molecular flexibility index (Phi) is 3.99. The average Bonchev–Trinajstić information content (AvgIpc) is 3.16. The number of hydrogen-bond donors (Lipinski definition) is 1. The van der Waals surface area contributed by atoms with E-state index in [0.717, 1.165) is 0 Å². The first-order valence-electron chi connectivity index (χ1n) is 6.28. The van der Waals surface area contributed by atoms with Crippen LogP contribution in [0.2, 0.25) is 5.02 Å². The molecule has 6 heteroatoms. The fourth-order valence-corrected chi connectivity index (χ4v) is 2.57. The number of benzene rings is 1. The normalized spacial score (nSPS) is 22.2. The predicted octanol–water partition coefficient (Wildman–Crippen LogP) is 2.51. The Balaban J connectivity index is 2.12. The van der Waals surface area contributed by atoms with Gasteiger partial charge in [-0.1, -0.05) is 17.7 Å². The van der Waals surface area contributed by atoms with Gasteiger partial charge in [-0.3, -0.25) is 4.79 Å². The third kappa shape index (κ3) is 2.63. The second-order valence-electron chi connectivity index (χ2n) is 5.05. The number of likely N-dealkylation sites (N-methyl/N-ethyl adjacent to an activating group) is 1. The van der Waals surface area contributed by atoms with Crippen LogP contribution in [0.5, 0.6) is 0 Å². The number of halogens is 2. The average molecular weight is 300 g/mol. The van der Waals surface area contributed by atoms with E-state index in [4.69, 9.17) is 16.7 Å². The lowest BCUT2D eigenvalue weighted by Crippen LogP contribution is -2.41. The van der Waals surface area contributed by atoms with E-state index >= 15 is 0 Å². The monoisotopic (exact) mass is 299 g/mol. The van der Waals surface area contributed by atoms with Crippen LogP contribution in [0.25, 0.3) is 0 Å². The molecule has 0 aliphatic heterocycles. The summed E-state index contributed by atoms with van der Waals surface area (Å²) in [5, 5.41) is 9.20. The molecule has 0 radical (unpaired) electrons. The van der Waals surface area contributed by atoms with Crippen LogP contribution in [0, 0.1) is 11.7 Å². The zero-order chi connectivity index (χ0) is 15.0. The minimum Gasteiger partial charge on any atom is -0.480 e. The molecule has 1 saturated carbocycles. The molecule has 3 atom stereocenters. The van der Waals surface area contributed by atoms with E-state index in [1.54, 1.807) is 6.07 Å². The largest absolute Gasteiger partial charge is 0.480 e. The zero-order valence-corrected chi connectivity index (χ0v) is 11.9. The van der Waals surface area contributed by atoms with E-state index in [0.29, 0.717) is 17.0 Å². The van der Waals surface area contributed by atoms with Crippen molar-refractivity contribution in [2.75, 3.05) is 7.05 Å². The van der Waals surface area contributed by atoms with Gasteiger partial charge in [-0.2, -0.15) is 0 Å². The van der Waals surface area contributed by atoms with Gasteiger partial charge in [0.25, 0.3) is 0 Å².